The Balaban J connectivity index is 1.61. The topological polar surface area (TPSA) is 37.4 Å². The summed E-state index contributed by atoms with van der Waals surface area (Å²) in [6.07, 6.45) is 0. The number of rotatable bonds is 1. The molecular weight excluding hydrogens is 450 g/mol. The van der Waals surface area contributed by atoms with Gasteiger partial charge in [-0.25, -0.2) is 4.90 Å². The van der Waals surface area contributed by atoms with Crippen LogP contribution in [0.25, 0.3) is 0 Å². The average molecular weight is 465 g/mol. The minimum atomic E-state index is -0.715. The normalized spacial score (nSPS) is 28.9. The van der Waals surface area contributed by atoms with Gasteiger partial charge in [0.1, 0.15) is 0 Å². The van der Waals surface area contributed by atoms with Gasteiger partial charge >= 0.3 is 0 Å². The minimum absolute atomic E-state index is 0.124. The Hall–Kier alpha value is -2.43. The lowest BCUT2D eigenvalue weighted by Gasteiger charge is -2.51. The molecule has 3 aliphatic carbocycles. The van der Waals surface area contributed by atoms with E-state index in [0.717, 1.165) is 22.3 Å². The summed E-state index contributed by atoms with van der Waals surface area (Å²) in [7, 11) is 0. The van der Waals surface area contributed by atoms with Gasteiger partial charge < -0.3 is 0 Å². The van der Waals surface area contributed by atoms with Crippen molar-refractivity contribution in [2.45, 2.75) is 10.2 Å². The molecule has 142 valence electrons. The summed E-state index contributed by atoms with van der Waals surface area (Å²) in [6.45, 7) is 0. The largest absolute Gasteiger partial charge is 0.274 e. The Labute approximate surface area is 181 Å². The fourth-order valence-corrected chi connectivity index (χ4v) is 6.85. The maximum absolute atomic E-state index is 13.7. The van der Waals surface area contributed by atoms with Gasteiger partial charge in [-0.05, 0) is 46.5 Å². The Bertz CT molecular complexity index is 1160. The minimum Gasteiger partial charge on any atom is -0.274 e. The van der Waals surface area contributed by atoms with E-state index in [1.165, 1.54) is 4.90 Å². The third-order valence-corrected chi connectivity index (χ3v) is 8.20. The van der Waals surface area contributed by atoms with E-state index in [4.69, 9.17) is 11.6 Å². The molecule has 2 amide bonds. The SMILES string of the molecule is O=C1C2C3c4ccccc4C(Br)(c4ccccc43)C2C(=O)N1c1ccc(Cl)cc1. The van der Waals surface area contributed by atoms with Gasteiger partial charge in [0.25, 0.3) is 0 Å². The maximum atomic E-state index is 13.7. The van der Waals surface area contributed by atoms with E-state index < -0.39 is 16.2 Å². The monoisotopic (exact) mass is 463 g/mol. The fraction of sp³-hybridized carbons (Fsp3) is 0.167. The zero-order valence-corrected chi connectivity index (χ0v) is 17.5. The molecule has 0 spiro atoms. The summed E-state index contributed by atoms with van der Waals surface area (Å²) >= 11 is 10.0. The van der Waals surface area contributed by atoms with Crippen molar-refractivity contribution < 1.29 is 9.59 Å². The predicted molar refractivity (Wildman–Crippen MR) is 115 cm³/mol. The van der Waals surface area contributed by atoms with Crippen LogP contribution in [-0.4, -0.2) is 11.8 Å². The smallest absolute Gasteiger partial charge is 0.239 e. The van der Waals surface area contributed by atoms with Crippen LogP contribution in [0.4, 0.5) is 5.69 Å². The van der Waals surface area contributed by atoms with Crippen molar-refractivity contribution in [1.29, 1.82) is 0 Å². The van der Waals surface area contributed by atoms with Crippen LogP contribution in [0.15, 0.2) is 72.8 Å². The van der Waals surface area contributed by atoms with Gasteiger partial charge in [-0.15, -0.1) is 0 Å². The quantitative estimate of drug-likeness (QED) is 0.365. The second-order valence-corrected chi connectivity index (χ2v) is 9.54. The molecule has 7 rings (SSSR count). The molecule has 0 N–H and O–H groups in total. The molecule has 0 saturated carbocycles. The number of hydrogen-bond donors (Lipinski definition) is 0. The van der Waals surface area contributed by atoms with Gasteiger partial charge in [0.05, 0.1) is 21.8 Å². The Morgan fingerprint density at radius 3 is 1.93 bits per heavy atom. The highest BCUT2D eigenvalue weighted by molar-refractivity contribution is 9.09. The molecule has 1 saturated heterocycles. The molecule has 5 heteroatoms. The Morgan fingerprint density at radius 1 is 0.793 bits per heavy atom. The highest BCUT2D eigenvalue weighted by atomic mass is 79.9. The molecule has 2 atom stereocenters. The molecule has 1 heterocycles. The van der Waals surface area contributed by atoms with E-state index in [-0.39, 0.29) is 17.7 Å². The number of imide groups is 1. The zero-order valence-electron chi connectivity index (χ0n) is 15.2. The number of halogens is 2. The van der Waals surface area contributed by atoms with Crippen LogP contribution in [0.1, 0.15) is 28.2 Å². The highest BCUT2D eigenvalue weighted by Crippen LogP contribution is 2.66. The van der Waals surface area contributed by atoms with Crippen molar-refractivity contribution in [3.8, 4) is 0 Å². The van der Waals surface area contributed by atoms with E-state index in [1.807, 2.05) is 24.3 Å². The summed E-state index contributed by atoms with van der Waals surface area (Å²) in [5.74, 6) is -1.34. The third-order valence-electron chi connectivity index (χ3n) is 6.60. The molecule has 2 bridgehead atoms. The van der Waals surface area contributed by atoms with Crippen molar-refractivity contribution >= 4 is 45.0 Å². The van der Waals surface area contributed by atoms with Crippen LogP contribution >= 0.6 is 27.5 Å². The summed E-state index contributed by atoms with van der Waals surface area (Å²) in [6, 6.07) is 23.2. The maximum Gasteiger partial charge on any atom is 0.239 e. The van der Waals surface area contributed by atoms with Crippen LogP contribution in [0.2, 0.25) is 5.02 Å². The molecular formula is C24H15BrClNO2. The fourth-order valence-electron chi connectivity index (χ4n) is 5.52. The molecule has 29 heavy (non-hydrogen) atoms. The summed E-state index contributed by atoms with van der Waals surface area (Å²) in [5.41, 5.74) is 5.00. The van der Waals surface area contributed by atoms with Crippen LogP contribution in [0.5, 0.6) is 0 Å². The second-order valence-electron chi connectivity index (χ2n) is 7.86. The van der Waals surface area contributed by atoms with Crippen LogP contribution in [0, 0.1) is 11.8 Å². The molecule has 4 aliphatic rings. The van der Waals surface area contributed by atoms with E-state index in [9.17, 15) is 9.59 Å². The number of alkyl halides is 1. The molecule has 3 aromatic rings. The first-order valence-electron chi connectivity index (χ1n) is 9.54. The Morgan fingerprint density at radius 2 is 1.34 bits per heavy atom. The number of hydrogen-bond acceptors (Lipinski definition) is 2. The number of carbonyl (C=O) groups excluding carboxylic acids is 2. The zero-order chi connectivity index (χ0) is 19.9. The van der Waals surface area contributed by atoms with E-state index >= 15 is 0 Å². The van der Waals surface area contributed by atoms with Crippen LogP contribution < -0.4 is 4.90 Å². The first-order chi connectivity index (χ1) is 14.0. The number of benzene rings is 3. The van der Waals surface area contributed by atoms with Crippen LogP contribution in [-0.2, 0) is 13.9 Å². The highest BCUT2D eigenvalue weighted by Gasteiger charge is 2.67. The summed E-state index contributed by atoms with van der Waals surface area (Å²) in [5, 5.41) is 0.571. The first-order valence-corrected chi connectivity index (χ1v) is 10.7. The van der Waals surface area contributed by atoms with Gasteiger partial charge in [-0.2, -0.15) is 0 Å². The molecule has 1 aliphatic heterocycles. The van der Waals surface area contributed by atoms with E-state index in [0.29, 0.717) is 10.7 Å². The van der Waals surface area contributed by atoms with Crippen molar-refractivity contribution in [1.82, 2.24) is 0 Å². The molecule has 0 radical (unpaired) electrons. The Kier molecular flexibility index (Phi) is 3.49. The van der Waals surface area contributed by atoms with E-state index in [2.05, 4.69) is 40.2 Å². The summed E-state index contributed by atoms with van der Waals surface area (Å²) in [4.78, 5) is 28.7. The lowest BCUT2D eigenvalue weighted by Crippen LogP contribution is -2.50. The van der Waals surface area contributed by atoms with Gasteiger partial charge in [0.2, 0.25) is 11.8 Å². The lowest BCUT2D eigenvalue weighted by molar-refractivity contribution is -0.122. The number of carbonyl (C=O) groups is 2. The van der Waals surface area contributed by atoms with Crippen LogP contribution in [0.3, 0.4) is 0 Å². The molecule has 0 aromatic heterocycles. The number of anilines is 1. The van der Waals surface area contributed by atoms with Crippen molar-refractivity contribution in [3.63, 3.8) is 0 Å². The summed E-state index contributed by atoms with van der Waals surface area (Å²) < 4.78 is -0.715. The van der Waals surface area contributed by atoms with Crippen molar-refractivity contribution in [3.05, 3.63) is 100 Å². The molecule has 3 nitrogen and oxygen atoms in total. The van der Waals surface area contributed by atoms with E-state index in [1.54, 1.807) is 24.3 Å². The first kappa shape index (κ1) is 17.4. The lowest BCUT2D eigenvalue weighted by atomic mass is 9.55. The van der Waals surface area contributed by atoms with Gasteiger partial charge in [-0.1, -0.05) is 76.1 Å². The second kappa shape index (κ2) is 5.80. The van der Waals surface area contributed by atoms with Gasteiger partial charge in [-0.3, -0.25) is 9.59 Å². The van der Waals surface area contributed by atoms with Crippen molar-refractivity contribution in [2.24, 2.45) is 11.8 Å². The standard InChI is InChI=1S/C24H15BrClNO2/c25-24-17-7-3-1-5-15(17)19(16-6-2-4-8-18(16)24)20-21(24)23(29)27(22(20)28)14-11-9-13(26)10-12-14/h1-12,19-21H. The van der Waals surface area contributed by atoms with Gasteiger partial charge in [0, 0.05) is 10.9 Å². The molecule has 3 aromatic carbocycles. The van der Waals surface area contributed by atoms with Gasteiger partial charge in [0.15, 0.2) is 0 Å². The number of amides is 2. The average Bonchev–Trinajstić information content (AvgIpc) is 3.01. The molecule has 2 unspecified atom stereocenters. The van der Waals surface area contributed by atoms with Crippen molar-refractivity contribution in [2.75, 3.05) is 4.90 Å². The third kappa shape index (κ3) is 2.03. The molecule has 1 fully saturated rings. The number of nitrogens with zero attached hydrogens (tertiary/aromatic N) is 1. The predicted octanol–water partition coefficient (Wildman–Crippen LogP) is 5.24.